The Morgan fingerprint density at radius 2 is 2.21 bits per heavy atom. The van der Waals surface area contributed by atoms with Crippen LogP contribution < -0.4 is 15.4 Å². The first-order valence-electron chi connectivity index (χ1n) is 7.75. The van der Waals surface area contributed by atoms with Crippen LogP contribution in [-0.4, -0.2) is 18.9 Å². The van der Waals surface area contributed by atoms with Crippen LogP contribution in [0.5, 0.6) is 5.75 Å². The fourth-order valence-electron chi connectivity index (χ4n) is 2.69. The van der Waals surface area contributed by atoms with Crippen molar-refractivity contribution in [2.24, 2.45) is 0 Å². The first-order chi connectivity index (χ1) is 11.7. The Morgan fingerprint density at radius 3 is 3.04 bits per heavy atom. The number of hydrogen-bond acceptors (Lipinski definition) is 3. The molecule has 2 N–H and O–H groups in total. The molecule has 1 unspecified atom stereocenters. The number of amides is 2. The standard InChI is InChI=1S/C18H19FN2O2S/c1-23-14-4-2-3-12(9-14)11-20-18(22)21-16-7-8-24-17-6-5-13(19)10-15(16)17/h2-6,9-10,16H,7-8,11H2,1H3,(H2,20,21,22). The van der Waals surface area contributed by atoms with Gasteiger partial charge in [0.15, 0.2) is 0 Å². The smallest absolute Gasteiger partial charge is 0.315 e. The Labute approximate surface area is 144 Å². The number of benzene rings is 2. The molecule has 0 spiro atoms. The molecule has 0 radical (unpaired) electrons. The van der Waals surface area contributed by atoms with Crippen molar-refractivity contribution in [3.63, 3.8) is 0 Å². The van der Waals surface area contributed by atoms with Gasteiger partial charge in [0, 0.05) is 17.2 Å². The third kappa shape index (κ3) is 4.00. The summed E-state index contributed by atoms with van der Waals surface area (Å²) < 4.78 is 18.7. The number of urea groups is 1. The topological polar surface area (TPSA) is 50.4 Å². The first-order valence-corrected chi connectivity index (χ1v) is 8.74. The van der Waals surface area contributed by atoms with Crippen LogP contribution in [-0.2, 0) is 6.54 Å². The molecular weight excluding hydrogens is 327 g/mol. The van der Waals surface area contributed by atoms with Crippen molar-refractivity contribution in [2.45, 2.75) is 23.9 Å². The number of rotatable bonds is 4. The molecule has 0 saturated carbocycles. The van der Waals surface area contributed by atoms with Crippen molar-refractivity contribution in [2.75, 3.05) is 12.9 Å². The van der Waals surface area contributed by atoms with Crippen molar-refractivity contribution in [1.29, 1.82) is 0 Å². The monoisotopic (exact) mass is 346 g/mol. The SMILES string of the molecule is COc1cccc(CNC(=O)NC2CCSc3ccc(F)cc32)c1. The zero-order valence-electron chi connectivity index (χ0n) is 13.3. The Kier molecular flexibility index (Phi) is 5.25. The zero-order valence-corrected chi connectivity index (χ0v) is 14.2. The number of halogens is 1. The Morgan fingerprint density at radius 1 is 1.33 bits per heavy atom. The van der Waals surface area contributed by atoms with E-state index >= 15 is 0 Å². The predicted octanol–water partition coefficient (Wildman–Crippen LogP) is 3.87. The van der Waals surface area contributed by atoms with Crippen LogP contribution in [0.15, 0.2) is 47.4 Å². The van der Waals surface area contributed by atoms with Crippen molar-refractivity contribution in [3.8, 4) is 5.75 Å². The van der Waals surface area contributed by atoms with E-state index in [-0.39, 0.29) is 17.9 Å². The number of carbonyl (C=O) groups excluding carboxylic acids is 1. The predicted molar refractivity (Wildman–Crippen MR) is 92.8 cm³/mol. The van der Waals surface area contributed by atoms with Gasteiger partial charge in [0.1, 0.15) is 11.6 Å². The van der Waals surface area contributed by atoms with Gasteiger partial charge >= 0.3 is 6.03 Å². The number of methoxy groups -OCH3 is 1. The van der Waals surface area contributed by atoms with Crippen molar-refractivity contribution in [3.05, 3.63) is 59.4 Å². The summed E-state index contributed by atoms with van der Waals surface area (Å²) in [6.45, 7) is 0.403. The first kappa shape index (κ1) is 16.6. The highest BCUT2D eigenvalue weighted by Crippen LogP contribution is 2.36. The normalized spacial score (nSPS) is 16.2. The summed E-state index contributed by atoms with van der Waals surface area (Å²) in [5.41, 5.74) is 1.80. The minimum absolute atomic E-state index is 0.165. The van der Waals surface area contributed by atoms with Gasteiger partial charge in [-0.3, -0.25) is 0 Å². The molecule has 1 heterocycles. The lowest BCUT2D eigenvalue weighted by Gasteiger charge is -2.26. The van der Waals surface area contributed by atoms with Gasteiger partial charge in [-0.25, -0.2) is 9.18 Å². The van der Waals surface area contributed by atoms with E-state index in [0.717, 1.165) is 33.9 Å². The summed E-state index contributed by atoms with van der Waals surface area (Å²) in [6.07, 6.45) is 0.785. The highest BCUT2D eigenvalue weighted by molar-refractivity contribution is 7.99. The number of nitrogens with one attached hydrogen (secondary N) is 2. The Balaban J connectivity index is 1.60. The lowest BCUT2D eigenvalue weighted by atomic mass is 10.0. The van der Waals surface area contributed by atoms with E-state index in [9.17, 15) is 9.18 Å². The average molecular weight is 346 g/mol. The summed E-state index contributed by atoms with van der Waals surface area (Å²) in [6, 6.07) is 11.8. The van der Waals surface area contributed by atoms with E-state index in [4.69, 9.17) is 4.74 Å². The van der Waals surface area contributed by atoms with Gasteiger partial charge in [-0.1, -0.05) is 12.1 Å². The van der Waals surface area contributed by atoms with Crippen molar-refractivity contribution < 1.29 is 13.9 Å². The van der Waals surface area contributed by atoms with Crippen LogP contribution >= 0.6 is 11.8 Å². The molecule has 126 valence electrons. The summed E-state index contributed by atoms with van der Waals surface area (Å²) in [5.74, 6) is 1.38. The minimum atomic E-state index is -0.278. The number of ether oxygens (including phenoxy) is 1. The highest BCUT2D eigenvalue weighted by atomic mass is 32.2. The molecule has 6 heteroatoms. The molecule has 0 fully saturated rings. The van der Waals surface area contributed by atoms with Gasteiger partial charge in [0.2, 0.25) is 0 Å². The summed E-state index contributed by atoms with van der Waals surface area (Å²) in [4.78, 5) is 13.2. The molecule has 24 heavy (non-hydrogen) atoms. The quantitative estimate of drug-likeness (QED) is 0.883. The second kappa shape index (κ2) is 7.57. The maximum atomic E-state index is 13.5. The van der Waals surface area contributed by atoms with Crippen LogP contribution in [0, 0.1) is 5.82 Å². The second-order valence-electron chi connectivity index (χ2n) is 5.55. The summed E-state index contributed by atoms with van der Waals surface area (Å²) in [5, 5.41) is 5.78. The fraction of sp³-hybridized carbons (Fsp3) is 0.278. The Hall–Kier alpha value is -2.21. The Bertz CT molecular complexity index is 739. The average Bonchev–Trinajstić information content (AvgIpc) is 2.61. The molecule has 0 aromatic heterocycles. The molecule has 1 aliphatic rings. The number of fused-ring (bicyclic) bond motifs is 1. The van der Waals surface area contributed by atoms with Gasteiger partial charge < -0.3 is 15.4 Å². The van der Waals surface area contributed by atoms with Crippen LogP contribution in [0.2, 0.25) is 0 Å². The molecule has 2 aromatic rings. The van der Waals surface area contributed by atoms with E-state index in [0.29, 0.717) is 6.54 Å². The number of thioether (sulfide) groups is 1. The third-order valence-corrected chi connectivity index (χ3v) is 5.03. The molecule has 2 amide bonds. The maximum Gasteiger partial charge on any atom is 0.315 e. The van der Waals surface area contributed by atoms with E-state index in [1.54, 1.807) is 24.9 Å². The summed E-state index contributed by atoms with van der Waals surface area (Å²) >= 11 is 1.69. The largest absolute Gasteiger partial charge is 0.497 e. The van der Waals surface area contributed by atoms with Gasteiger partial charge in [0.25, 0.3) is 0 Å². The molecule has 3 rings (SSSR count). The van der Waals surface area contributed by atoms with Crippen LogP contribution in [0.4, 0.5) is 9.18 Å². The molecule has 1 atom stereocenters. The fourth-order valence-corrected chi connectivity index (χ4v) is 3.79. The van der Waals surface area contributed by atoms with Gasteiger partial charge in [0.05, 0.1) is 13.2 Å². The molecule has 2 aromatic carbocycles. The lowest BCUT2D eigenvalue weighted by Crippen LogP contribution is -2.38. The van der Waals surface area contributed by atoms with E-state index in [2.05, 4.69) is 10.6 Å². The second-order valence-corrected chi connectivity index (χ2v) is 6.69. The molecule has 1 aliphatic heterocycles. The van der Waals surface area contributed by atoms with E-state index in [1.165, 1.54) is 12.1 Å². The molecule has 0 aliphatic carbocycles. The van der Waals surface area contributed by atoms with Crippen LogP contribution in [0.25, 0.3) is 0 Å². The maximum absolute atomic E-state index is 13.5. The van der Waals surface area contributed by atoms with Gasteiger partial charge in [-0.05, 0) is 47.9 Å². The molecule has 0 saturated heterocycles. The van der Waals surface area contributed by atoms with E-state index < -0.39 is 0 Å². The van der Waals surface area contributed by atoms with Gasteiger partial charge in [-0.15, -0.1) is 11.8 Å². The van der Waals surface area contributed by atoms with Crippen molar-refractivity contribution in [1.82, 2.24) is 10.6 Å². The minimum Gasteiger partial charge on any atom is -0.497 e. The third-order valence-electron chi connectivity index (χ3n) is 3.90. The number of hydrogen-bond donors (Lipinski definition) is 2. The van der Waals surface area contributed by atoms with E-state index in [1.807, 2.05) is 24.3 Å². The molecular formula is C18H19FN2O2S. The molecule has 4 nitrogen and oxygen atoms in total. The van der Waals surface area contributed by atoms with Gasteiger partial charge in [-0.2, -0.15) is 0 Å². The van der Waals surface area contributed by atoms with Crippen LogP contribution in [0.3, 0.4) is 0 Å². The lowest BCUT2D eigenvalue weighted by molar-refractivity contribution is 0.236. The zero-order chi connectivity index (χ0) is 16.9. The molecule has 0 bridgehead atoms. The summed E-state index contributed by atoms with van der Waals surface area (Å²) in [7, 11) is 1.61. The number of carbonyl (C=O) groups is 1. The van der Waals surface area contributed by atoms with Crippen molar-refractivity contribution >= 4 is 17.8 Å². The van der Waals surface area contributed by atoms with Crippen LogP contribution in [0.1, 0.15) is 23.6 Å². The highest BCUT2D eigenvalue weighted by Gasteiger charge is 2.22.